The molecule has 4 nitrogen and oxygen atoms in total. The Morgan fingerprint density at radius 3 is 2.56 bits per heavy atom. The van der Waals surface area contributed by atoms with Gasteiger partial charge >= 0.3 is 5.97 Å². The van der Waals surface area contributed by atoms with E-state index in [-0.39, 0.29) is 6.42 Å². The van der Waals surface area contributed by atoms with Crippen LogP contribution in [0, 0.1) is 0 Å². The molecular formula is C12H17BrN2O2S. The van der Waals surface area contributed by atoms with Crippen molar-refractivity contribution in [3.8, 4) is 0 Å². The Kier molecular flexibility index (Phi) is 5.17. The van der Waals surface area contributed by atoms with E-state index in [1.165, 1.54) is 9.35 Å². The van der Waals surface area contributed by atoms with Gasteiger partial charge in [0.2, 0.25) is 0 Å². The summed E-state index contributed by atoms with van der Waals surface area (Å²) in [7, 11) is 0. The van der Waals surface area contributed by atoms with Crippen molar-refractivity contribution >= 4 is 33.2 Å². The summed E-state index contributed by atoms with van der Waals surface area (Å²) < 4.78 is 1.20. The van der Waals surface area contributed by atoms with Gasteiger partial charge in [-0.2, -0.15) is 0 Å². The van der Waals surface area contributed by atoms with Crippen LogP contribution in [-0.4, -0.2) is 53.6 Å². The largest absolute Gasteiger partial charge is 0.481 e. The van der Waals surface area contributed by atoms with Crippen molar-refractivity contribution in [3.05, 3.63) is 20.8 Å². The van der Waals surface area contributed by atoms with Gasteiger partial charge in [-0.1, -0.05) is 0 Å². The van der Waals surface area contributed by atoms with E-state index in [1.54, 1.807) is 11.3 Å². The van der Waals surface area contributed by atoms with Gasteiger partial charge in [0, 0.05) is 48.6 Å². The van der Waals surface area contributed by atoms with Gasteiger partial charge in [0.1, 0.15) is 0 Å². The molecule has 0 aliphatic carbocycles. The van der Waals surface area contributed by atoms with Crippen LogP contribution in [0.1, 0.15) is 11.3 Å². The van der Waals surface area contributed by atoms with Crippen LogP contribution in [0.4, 0.5) is 0 Å². The molecule has 0 radical (unpaired) electrons. The number of carbonyl (C=O) groups is 1. The number of nitrogens with zero attached hydrogens (tertiary/aromatic N) is 2. The summed E-state index contributed by atoms with van der Waals surface area (Å²) in [5, 5.41) is 10.8. The molecule has 100 valence electrons. The summed E-state index contributed by atoms with van der Waals surface area (Å²) in [5.74, 6) is -0.708. The summed E-state index contributed by atoms with van der Waals surface area (Å²) in [4.78, 5) is 16.5. The molecule has 2 rings (SSSR count). The van der Waals surface area contributed by atoms with Gasteiger partial charge in [0.15, 0.2) is 0 Å². The molecule has 6 heteroatoms. The van der Waals surface area contributed by atoms with Crippen LogP contribution in [0.3, 0.4) is 0 Å². The highest BCUT2D eigenvalue weighted by molar-refractivity contribution is 9.10. The fraction of sp³-hybridized carbons (Fsp3) is 0.583. The van der Waals surface area contributed by atoms with Gasteiger partial charge in [-0.25, -0.2) is 0 Å². The molecule has 2 heterocycles. The van der Waals surface area contributed by atoms with Gasteiger partial charge in [-0.3, -0.25) is 9.69 Å². The highest BCUT2D eigenvalue weighted by Gasteiger charge is 2.18. The summed E-state index contributed by atoms with van der Waals surface area (Å²) in [6.07, 6.45) is 0.247. The molecule has 1 aliphatic heterocycles. The summed E-state index contributed by atoms with van der Waals surface area (Å²) in [5.41, 5.74) is 0. The minimum atomic E-state index is -0.708. The maximum atomic E-state index is 10.5. The molecular weight excluding hydrogens is 316 g/mol. The summed E-state index contributed by atoms with van der Waals surface area (Å²) >= 11 is 5.33. The molecule has 1 aliphatic rings. The van der Waals surface area contributed by atoms with Gasteiger partial charge in [0.25, 0.3) is 0 Å². The van der Waals surface area contributed by atoms with Crippen molar-refractivity contribution in [2.45, 2.75) is 13.0 Å². The number of aliphatic carboxylic acids is 1. The van der Waals surface area contributed by atoms with E-state index in [1.807, 2.05) is 0 Å². The first-order chi connectivity index (χ1) is 8.65. The standard InChI is InChI=1S/C12H17BrN2O2S/c13-10-2-8-18-11(10)9-15-6-4-14(5-7-15)3-1-12(16)17/h2,8H,1,3-7,9H2,(H,16,17). The lowest BCUT2D eigenvalue weighted by Gasteiger charge is -2.34. The van der Waals surface area contributed by atoms with Crippen molar-refractivity contribution in [2.75, 3.05) is 32.7 Å². The SMILES string of the molecule is O=C(O)CCN1CCN(Cc2sccc2Br)CC1. The lowest BCUT2D eigenvalue weighted by Crippen LogP contribution is -2.46. The summed E-state index contributed by atoms with van der Waals surface area (Å²) in [6, 6.07) is 2.09. The second kappa shape index (κ2) is 6.65. The van der Waals surface area contributed by atoms with E-state index in [0.717, 1.165) is 32.7 Å². The van der Waals surface area contributed by atoms with E-state index in [0.29, 0.717) is 6.54 Å². The Labute approximate surface area is 119 Å². The monoisotopic (exact) mass is 332 g/mol. The molecule has 1 fully saturated rings. The third kappa shape index (κ3) is 4.05. The molecule has 0 bridgehead atoms. The Hall–Kier alpha value is -0.430. The van der Waals surface area contributed by atoms with E-state index in [9.17, 15) is 4.79 Å². The third-order valence-corrected chi connectivity index (χ3v) is 5.08. The number of thiophene rings is 1. The minimum Gasteiger partial charge on any atom is -0.481 e. The first-order valence-corrected chi connectivity index (χ1v) is 7.71. The minimum absolute atomic E-state index is 0.247. The van der Waals surface area contributed by atoms with Crippen LogP contribution in [0.15, 0.2) is 15.9 Å². The Morgan fingerprint density at radius 2 is 2.00 bits per heavy atom. The highest BCUT2D eigenvalue weighted by Crippen LogP contribution is 2.24. The Morgan fingerprint density at radius 1 is 1.33 bits per heavy atom. The molecule has 1 aromatic rings. The van der Waals surface area contributed by atoms with Crippen molar-refractivity contribution in [1.29, 1.82) is 0 Å². The number of hydrogen-bond donors (Lipinski definition) is 1. The molecule has 0 aromatic carbocycles. The van der Waals surface area contributed by atoms with Crippen LogP contribution in [-0.2, 0) is 11.3 Å². The number of halogens is 1. The van der Waals surface area contributed by atoms with Gasteiger partial charge < -0.3 is 10.0 Å². The van der Waals surface area contributed by atoms with E-state index in [4.69, 9.17) is 5.11 Å². The van der Waals surface area contributed by atoms with Crippen LogP contribution in [0.25, 0.3) is 0 Å². The zero-order valence-electron chi connectivity index (χ0n) is 10.1. The first-order valence-electron chi connectivity index (χ1n) is 6.03. The van der Waals surface area contributed by atoms with Crippen LogP contribution in [0.5, 0.6) is 0 Å². The predicted octanol–water partition coefficient (Wildman–Crippen LogP) is 2.10. The van der Waals surface area contributed by atoms with Gasteiger partial charge in [-0.05, 0) is 27.4 Å². The quantitative estimate of drug-likeness (QED) is 0.896. The fourth-order valence-corrected chi connectivity index (χ4v) is 3.58. The molecule has 1 aromatic heterocycles. The number of carboxylic acid groups (broad SMARTS) is 1. The molecule has 0 atom stereocenters. The Bertz CT molecular complexity index is 403. The first kappa shape index (κ1) is 14.0. The third-order valence-electron chi connectivity index (χ3n) is 3.17. The normalized spacial score (nSPS) is 18.1. The molecule has 0 saturated carbocycles. The lowest BCUT2D eigenvalue weighted by molar-refractivity contribution is -0.137. The van der Waals surface area contributed by atoms with Crippen molar-refractivity contribution in [3.63, 3.8) is 0 Å². The van der Waals surface area contributed by atoms with Crippen LogP contribution in [0.2, 0.25) is 0 Å². The van der Waals surface area contributed by atoms with Crippen molar-refractivity contribution in [2.24, 2.45) is 0 Å². The second-order valence-electron chi connectivity index (χ2n) is 4.45. The number of rotatable bonds is 5. The average Bonchev–Trinajstić information content (AvgIpc) is 2.74. The second-order valence-corrected chi connectivity index (χ2v) is 6.31. The molecule has 0 spiro atoms. The van der Waals surface area contributed by atoms with Crippen molar-refractivity contribution in [1.82, 2.24) is 9.80 Å². The van der Waals surface area contributed by atoms with E-state index in [2.05, 4.69) is 37.2 Å². The maximum absolute atomic E-state index is 10.5. The lowest BCUT2D eigenvalue weighted by atomic mass is 10.3. The molecule has 1 N–H and O–H groups in total. The van der Waals surface area contributed by atoms with Gasteiger partial charge in [-0.15, -0.1) is 11.3 Å². The molecule has 18 heavy (non-hydrogen) atoms. The number of carboxylic acids is 1. The molecule has 0 unspecified atom stereocenters. The molecule has 1 saturated heterocycles. The van der Waals surface area contributed by atoms with Crippen molar-refractivity contribution < 1.29 is 9.90 Å². The maximum Gasteiger partial charge on any atom is 0.304 e. The predicted molar refractivity (Wildman–Crippen MR) is 76.0 cm³/mol. The topological polar surface area (TPSA) is 43.8 Å². The van der Waals surface area contributed by atoms with Crippen LogP contribution >= 0.6 is 27.3 Å². The average molecular weight is 333 g/mol. The van der Waals surface area contributed by atoms with E-state index < -0.39 is 5.97 Å². The number of piperazine rings is 1. The highest BCUT2D eigenvalue weighted by atomic mass is 79.9. The summed E-state index contributed by atoms with van der Waals surface area (Å²) in [6.45, 7) is 5.64. The fourth-order valence-electron chi connectivity index (χ4n) is 2.07. The zero-order valence-corrected chi connectivity index (χ0v) is 12.5. The van der Waals surface area contributed by atoms with Gasteiger partial charge in [0.05, 0.1) is 6.42 Å². The van der Waals surface area contributed by atoms with E-state index >= 15 is 0 Å². The smallest absolute Gasteiger partial charge is 0.304 e. The zero-order chi connectivity index (χ0) is 13.0. The van der Waals surface area contributed by atoms with Crippen LogP contribution < -0.4 is 0 Å². The number of hydrogen-bond acceptors (Lipinski definition) is 4. The Balaban J connectivity index is 1.73. The molecule has 0 amide bonds.